The van der Waals surface area contributed by atoms with Gasteiger partial charge in [0.2, 0.25) is 0 Å². The maximum Gasteiger partial charge on any atom is 0.123 e. The van der Waals surface area contributed by atoms with E-state index in [1.807, 2.05) is 31.2 Å². The van der Waals surface area contributed by atoms with Crippen LogP contribution < -0.4 is 5.32 Å². The molecule has 0 aromatic heterocycles. The van der Waals surface area contributed by atoms with Gasteiger partial charge in [-0.25, -0.2) is 4.39 Å². The molecule has 96 valence electrons. The van der Waals surface area contributed by atoms with Crippen LogP contribution in [0.3, 0.4) is 0 Å². The van der Waals surface area contributed by atoms with E-state index in [4.69, 9.17) is 5.26 Å². The van der Waals surface area contributed by atoms with E-state index in [2.05, 4.69) is 11.4 Å². The third kappa shape index (κ3) is 3.56. The van der Waals surface area contributed by atoms with Crippen molar-refractivity contribution >= 4 is 5.69 Å². The van der Waals surface area contributed by atoms with E-state index < -0.39 is 0 Å². The number of anilines is 1. The van der Waals surface area contributed by atoms with Gasteiger partial charge in [-0.1, -0.05) is 24.3 Å². The molecule has 1 unspecified atom stereocenters. The Morgan fingerprint density at radius 3 is 2.74 bits per heavy atom. The van der Waals surface area contributed by atoms with Crippen LogP contribution in [0.5, 0.6) is 0 Å². The summed E-state index contributed by atoms with van der Waals surface area (Å²) in [6.07, 6.45) is 0.706. The Balaban J connectivity index is 2.06. The first kappa shape index (κ1) is 13.1. The number of nitrogens with zero attached hydrogens (tertiary/aromatic N) is 1. The van der Waals surface area contributed by atoms with Gasteiger partial charge in [0.1, 0.15) is 11.9 Å². The maximum atomic E-state index is 13.1. The molecule has 2 rings (SSSR count). The summed E-state index contributed by atoms with van der Waals surface area (Å²) in [6.45, 7) is 2.01. The van der Waals surface area contributed by atoms with Gasteiger partial charge in [-0.05, 0) is 43.2 Å². The van der Waals surface area contributed by atoms with E-state index in [0.29, 0.717) is 12.0 Å². The smallest absolute Gasteiger partial charge is 0.123 e. The Morgan fingerprint density at radius 2 is 2.00 bits per heavy atom. The Bertz CT molecular complexity index is 602. The highest BCUT2D eigenvalue weighted by molar-refractivity contribution is 5.57. The summed E-state index contributed by atoms with van der Waals surface area (Å²) in [4.78, 5) is 0. The Labute approximate surface area is 112 Å². The number of hydrogen-bond donors (Lipinski definition) is 1. The largest absolute Gasteiger partial charge is 0.381 e. The van der Waals surface area contributed by atoms with E-state index in [1.54, 1.807) is 12.1 Å². The maximum absolute atomic E-state index is 13.1. The lowest BCUT2D eigenvalue weighted by molar-refractivity contribution is 0.624. The zero-order valence-electron chi connectivity index (χ0n) is 10.7. The Kier molecular flexibility index (Phi) is 4.15. The molecule has 0 heterocycles. The minimum Gasteiger partial charge on any atom is -0.381 e. The molecule has 0 aliphatic rings. The lowest BCUT2D eigenvalue weighted by Crippen LogP contribution is -2.18. The lowest BCUT2D eigenvalue weighted by Gasteiger charge is -2.16. The van der Waals surface area contributed by atoms with Gasteiger partial charge in [0, 0.05) is 6.04 Å². The van der Waals surface area contributed by atoms with Gasteiger partial charge in [0.25, 0.3) is 0 Å². The average molecular weight is 254 g/mol. The van der Waals surface area contributed by atoms with E-state index in [1.165, 1.54) is 12.1 Å². The van der Waals surface area contributed by atoms with Crippen molar-refractivity contribution < 1.29 is 4.39 Å². The predicted octanol–water partition coefficient (Wildman–Crippen LogP) is 3.74. The van der Waals surface area contributed by atoms with Crippen molar-refractivity contribution in [3.05, 3.63) is 65.5 Å². The van der Waals surface area contributed by atoms with Gasteiger partial charge in [0.05, 0.1) is 11.3 Å². The third-order valence-electron chi connectivity index (χ3n) is 2.88. The van der Waals surface area contributed by atoms with Crippen LogP contribution in [0.4, 0.5) is 10.1 Å². The summed E-state index contributed by atoms with van der Waals surface area (Å²) >= 11 is 0. The van der Waals surface area contributed by atoms with Crippen LogP contribution in [0.25, 0.3) is 0 Å². The number of benzene rings is 2. The van der Waals surface area contributed by atoms with Gasteiger partial charge in [-0.3, -0.25) is 0 Å². The zero-order chi connectivity index (χ0) is 13.7. The molecular weight excluding hydrogens is 239 g/mol. The van der Waals surface area contributed by atoms with Crippen LogP contribution in [0.15, 0.2) is 48.5 Å². The summed E-state index contributed by atoms with van der Waals surface area (Å²) in [6, 6.07) is 16.2. The Hall–Kier alpha value is -2.34. The minimum atomic E-state index is -0.220. The fraction of sp³-hybridized carbons (Fsp3) is 0.188. The summed E-state index contributed by atoms with van der Waals surface area (Å²) in [5.74, 6) is -0.220. The first-order valence-electron chi connectivity index (χ1n) is 6.19. The number of nitrogens with one attached hydrogen (secondary N) is 1. The van der Waals surface area contributed by atoms with E-state index in [9.17, 15) is 4.39 Å². The average Bonchev–Trinajstić information content (AvgIpc) is 2.39. The molecule has 0 bridgehead atoms. The second-order valence-corrected chi connectivity index (χ2v) is 4.54. The Morgan fingerprint density at radius 1 is 1.21 bits per heavy atom. The van der Waals surface area contributed by atoms with Crippen LogP contribution in [0.2, 0.25) is 0 Å². The molecule has 19 heavy (non-hydrogen) atoms. The monoisotopic (exact) mass is 254 g/mol. The molecule has 0 saturated heterocycles. The van der Waals surface area contributed by atoms with Crippen LogP contribution in [0.1, 0.15) is 18.1 Å². The number of para-hydroxylation sites is 1. The van der Waals surface area contributed by atoms with E-state index >= 15 is 0 Å². The third-order valence-corrected chi connectivity index (χ3v) is 2.88. The number of halogens is 1. The molecule has 2 aromatic rings. The first-order chi connectivity index (χ1) is 9.19. The van der Waals surface area contributed by atoms with Crippen molar-refractivity contribution in [3.8, 4) is 6.07 Å². The minimum absolute atomic E-state index is 0.122. The number of rotatable bonds is 4. The first-order valence-corrected chi connectivity index (χ1v) is 6.19. The zero-order valence-corrected chi connectivity index (χ0v) is 10.7. The van der Waals surface area contributed by atoms with E-state index in [-0.39, 0.29) is 11.9 Å². The van der Waals surface area contributed by atoms with Gasteiger partial charge in [-0.2, -0.15) is 5.26 Å². The quantitative estimate of drug-likeness (QED) is 0.902. The molecule has 0 fully saturated rings. The summed E-state index contributed by atoms with van der Waals surface area (Å²) in [5.41, 5.74) is 2.37. The predicted molar refractivity (Wildman–Crippen MR) is 74.3 cm³/mol. The molecule has 0 aliphatic heterocycles. The van der Waals surface area contributed by atoms with Crippen molar-refractivity contribution in [3.63, 3.8) is 0 Å². The van der Waals surface area contributed by atoms with Crippen molar-refractivity contribution in [2.75, 3.05) is 5.32 Å². The highest BCUT2D eigenvalue weighted by atomic mass is 19.1. The number of hydrogen-bond acceptors (Lipinski definition) is 2. The number of nitriles is 1. The van der Waals surface area contributed by atoms with Gasteiger partial charge in [-0.15, -0.1) is 0 Å². The SMILES string of the molecule is CC(Cc1cccc(F)c1)Nc1ccccc1C#N. The lowest BCUT2D eigenvalue weighted by atomic mass is 10.1. The van der Waals surface area contributed by atoms with Crippen molar-refractivity contribution in [1.82, 2.24) is 0 Å². The molecule has 3 heteroatoms. The van der Waals surface area contributed by atoms with Gasteiger partial charge >= 0.3 is 0 Å². The molecular formula is C16H15FN2. The summed E-state index contributed by atoms with van der Waals surface area (Å²) < 4.78 is 13.1. The van der Waals surface area contributed by atoms with Crippen LogP contribution in [-0.2, 0) is 6.42 Å². The highest BCUT2D eigenvalue weighted by Gasteiger charge is 2.07. The van der Waals surface area contributed by atoms with Crippen LogP contribution in [-0.4, -0.2) is 6.04 Å². The van der Waals surface area contributed by atoms with Crippen molar-refractivity contribution in [2.45, 2.75) is 19.4 Å². The highest BCUT2D eigenvalue weighted by Crippen LogP contribution is 2.16. The molecule has 1 atom stereocenters. The molecule has 0 spiro atoms. The second-order valence-electron chi connectivity index (χ2n) is 4.54. The molecule has 0 aliphatic carbocycles. The van der Waals surface area contributed by atoms with Crippen molar-refractivity contribution in [2.24, 2.45) is 0 Å². The van der Waals surface area contributed by atoms with Crippen LogP contribution >= 0.6 is 0 Å². The molecule has 0 saturated carbocycles. The second kappa shape index (κ2) is 6.01. The standard InChI is InChI=1S/C16H15FN2/c1-12(9-13-5-4-7-15(17)10-13)19-16-8-3-2-6-14(16)11-18/h2-8,10,12,19H,9H2,1H3. The molecule has 0 radical (unpaired) electrons. The fourth-order valence-electron chi connectivity index (χ4n) is 2.04. The topological polar surface area (TPSA) is 35.8 Å². The van der Waals surface area contributed by atoms with Crippen molar-refractivity contribution in [1.29, 1.82) is 5.26 Å². The molecule has 0 amide bonds. The molecule has 1 N–H and O–H groups in total. The van der Waals surface area contributed by atoms with Crippen LogP contribution in [0, 0.1) is 17.1 Å². The summed E-state index contributed by atoms with van der Waals surface area (Å²) in [5, 5.41) is 12.3. The molecule has 2 nitrogen and oxygen atoms in total. The van der Waals surface area contributed by atoms with Gasteiger partial charge in [0.15, 0.2) is 0 Å². The van der Waals surface area contributed by atoms with Gasteiger partial charge < -0.3 is 5.32 Å². The molecule has 2 aromatic carbocycles. The summed E-state index contributed by atoms with van der Waals surface area (Å²) in [7, 11) is 0. The van der Waals surface area contributed by atoms with E-state index in [0.717, 1.165) is 11.3 Å². The fourth-order valence-corrected chi connectivity index (χ4v) is 2.04. The normalized spacial score (nSPS) is 11.6.